The summed E-state index contributed by atoms with van der Waals surface area (Å²) >= 11 is 3.67. The zero-order valence-corrected chi connectivity index (χ0v) is 10.4. The molecule has 0 aromatic heterocycles. The van der Waals surface area contributed by atoms with E-state index < -0.39 is 0 Å². The van der Waals surface area contributed by atoms with E-state index in [1.165, 1.54) is 38.5 Å². The smallest absolute Gasteiger partial charge is 0.0143 e. The molecule has 1 atom stereocenters. The maximum absolute atomic E-state index is 3.67. The molecule has 0 aliphatic rings. The number of hydrogen-bond donors (Lipinski definition) is 0. The monoisotopic (exact) mass is 234 g/mol. The van der Waals surface area contributed by atoms with Gasteiger partial charge in [-0.05, 0) is 18.8 Å². The highest BCUT2D eigenvalue weighted by Crippen LogP contribution is 2.19. The Morgan fingerprint density at radius 3 is 1.92 bits per heavy atom. The van der Waals surface area contributed by atoms with Crippen LogP contribution in [0.4, 0.5) is 0 Å². The number of rotatable bonds is 7. The second kappa shape index (κ2) is 8.10. The van der Waals surface area contributed by atoms with Crippen molar-refractivity contribution in [3.05, 3.63) is 0 Å². The summed E-state index contributed by atoms with van der Waals surface area (Å²) in [7, 11) is 0. The lowest BCUT2D eigenvalue weighted by atomic mass is 9.96. The zero-order valence-electron chi connectivity index (χ0n) is 8.78. The minimum absolute atomic E-state index is 0.756. The Balaban J connectivity index is 3.28. The van der Waals surface area contributed by atoms with Crippen molar-refractivity contribution in [3.63, 3.8) is 0 Å². The summed E-state index contributed by atoms with van der Waals surface area (Å²) < 4.78 is 0. The zero-order chi connectivity index (χ0) is 9.40. The van der Waals surface area contributed by atoms with Crippen LogP contribution in [-0.4, -0.2) is 4.83 Å². The van der Waals surface area contributed by atoms with Gasteiger partial charge in [-0.1, -0.05) is 62.4 Å². The molecule has 0 nitrogen and oxygen atoms in total. The van der Waals surface area contributed by atoms with Gasteiger partial charge in [0.1, 0.15) is 0 Å². The fourth-order valence-corrected chi connectivity index (χ4v) is 1.85. The molecule has 0 aliphatic heterocycles. The van der Waals surface area contributed by atoms with Gasteiger partial charge in [-0.15, -0.1) is 0 Å². The molecule has 1 unspecified atom stereocenters. The molecule has 1 heteroatoms. The number of hydrogen-bond acceptors (Lipinski definition) is 0. The van der Waals surface area contributed by atoms with Gasteiger partial charge >= 0.3 is 0 Å². The molecule has 0 rings (SSSR count). The van der Waals surface area contributed by atoms with Gasteiger partial charge < -0.3 is 0 Å². The molecule has 12 heavy (non-hydrogen) atoms. The van der Waals surface area contributed by atoms with Gasteiger partial charge in [0, 0.05) is 4.83 Å². The van der Waals surface area contributed by atoms with E-state index >= 15 is 0 Å². The third kappa shape index (κ3) is 6.05. The maximum atomic E-state index is 3.67. The third-order valence-corrected chi connectivity index (χ3v) is 3.83. The Morgan fingerprint density at radius 1 is 0.917 bits per heavy atom. The van der Waals surface area contributed by atoms with Crippen LogP contribution in [0.5, 0.6) is 0 Å². The van der Waals surface area contributed by atoms with Crippen LogP contribution in [0.1, 0.15) is 59.3 Å². The van der Waals surface area contributed by atoms with Gasteiger partial charge in [0.25, 0.3) is 0 Å². The molecular weight excluding hydrogens is 212 g/mol. The van der Waals surface area contributed by atoms with E-state index in [0.717, 1.165) is 10.7 Å². The molecule has 0 aromatic carbocycles. The first-order valence-corrected chi connectivity index (χ1v) is 6.30. The minimum atomic E-state index is 0.756. The maximum Gasteiger partial charge on any atom is 0.0143 e. The summed E-state index contributed by atoms with van der Waals surface area (Å²) in [5, 5.41) is 0. The first-order chi connectivity index (χ1) is 5.74. The van der Waals surface area contributed by atoms with Gasteiger partial charge in [-0.25, -0.2) is 0 Å². The molecule has 0 aromatic rings. The van der Waals surface area contributed by atoms with Crippen LogP contribution in [0, 0.1) is 5.92 Å². The lowest BCUT2D eigenvalue weighted by Crippen LogP contribution is -2.00. The Labute approximate surface area is 86.3 Å². The number of halogens is 1. The molecule has 0 aliphatic carbocycles. The van der Waals surface area contributed by atoms with Crippen molar-refractivity contribution in [3.8, 4) is 0 Å². The Kier molecular flexibility index (Phi) is 8.42. The highest BCUT2D eigenvalue weighted by atomic mass is 79.9. The van der Waals surface area contributed by atoms with Gasteiger partial charge in [-0.3, -0.25) is 0 Å². The Bertz CT molecular complexity index is 87.0. The van der Waals surface area contributed by atoms with E-state index in [4.69, 9.17) is 0 Å². The van der Waals surface area contributed by atoms with Crippen LogP contribution in [0.3, 0.4) is 0 Å². The summed E-state index contributed by atoms with van der Waals surface area (Å²) in [4.78, 5) is 0.756. The summed E-state index contributed by atoms with van der Waals surface area (Å²) in [6.07, 6.45) is 8.16. The van der Waals surface area contributed by atoms with E-state index in [1.807, 2.05) is 0 Å². The average molecular weight is 235 g/mol. The third-order valence-electron chi connectivity index (χ3n) is 2.73. The van der Waals surface area contributed by atoms with E-state index in [0.29, 0.717) is 0 Å². The fraction of sp³-hybridized carbons (Fsp3) is 1.00. The standard InChI is InChI=1S/C11H23Br/c1-4-10(5-2)8-7-9-11(12)6-3/h10-11H,4-9H2,1-3H3. The highest BCUT2D eigenvalue weighted by Gasteiger charge is 2.05. The van der Waals surface area contributed by atoms with Crippen molar-refractivity contribution in [2.75, 3.05) is 0 Å². The molecule has 0 saturated carbocycles. The van der Waals surface area contributed by atoms with E-state index in [9.17, 15) is 0 Å². The highest BCUT2D eigenvalue weighted by molar-refractivity contribution is 9.09. The lowest BCUT2D eigenvalue weighted by molar-refractivity contribution is 0.432. The van der Waals surface area contributed by atoms with Crippen LogP contribution in [0.25, 0.3) is 0 Å². The van der Waals surface area contributed by atoms with Crippen LogP contribution < -0.4 is 0 Å². The lowest BCUT2D eigenvalue weighted by Gasteiger charge is -2.12. The molecule has 0 spiro atoms. The molecule has 0 bridgehead atoms. The van der Waals surface area contributed by atoms with Crippen molar-refractivity contribution in [1.82, 2.24) is 0 Å². The molecule has 0 amide bonds. The summed E-state index contributed by atoms with van der Waals surface area (Å²) in [6.45, 7) is 6.86. The van der Waals surface area contributed by atoms with Crippen LogP contribution in [0.2, 0.25) is 0 Å². The van der Waals surface area contributed by atoms with Crippen LogP contribution in [-0.2, 0) is 0 Å². The SMILES string of the molecule is CCC(Br)CCCC(CC)CC. The Morgan fingerprint density at radius 2 is 1.50 bits per heavy atom. The topological polar surface area (TPSA) is 0 Å². The van der Waals surface area contributed by atoms with Crippen molar-refractivity contribution >= 4 is 15.9 Å². The fourth-order valence-electron chi connectivity index (χ4n) is 1.53. The molecule has 0 saturated heterocycles. The summed E-state index contributed by atoms with van der Waals surface area (Å²) in [5.74, 6) is 0.974. The minimum Gasteiger partial charge on any atom is -0.0891 e. The normalized spacial score (nSPS) is 13.8. The van der Waals surface area contributed by atoms with Crippen LogP contribution >= 0.6 is 15.9 Å². The van der Waals surface area contributed by atoms with Gasteiger partial charge in [0.2, 0.25) is 0 Å². The predicted molar refractivity (Wildman–Crippen MR) is 60.9 cm³/mol. The largest absolute Gasteiger partial charge is 0.0891 e. The quantitative estimate of drug-likeness (QED) is 0.558. The second-order valence-electron chi connectivity index (χ2n) is 3.62. The molecular formula is C11H23Br. The predicted octanol–water partition coefficient (Wildman–Crippen LogP) is 4.77. The molecule has 0 fully saturated rings. The van der Waals surface area contributed by atoms with Crippen LogP contribution in [0.15, 0.2) is 0 Å². The van der Waals surface area contributed by atoms with Gasteiger partial charge in [-0.2, -0.15) is 0 Å². The first kappa shape index (κ1) is 12.5. The van der Waals surface area contributed by atoms with Crippen molar-refractivity contribution < 1.29 is 0 Å². The van der Waals surface area contributed by atoms with E-state index in [-0.39, 0.29) is 0 Å². The van der Waals surface area contributed by atoms with Crippen molar-refractivity contribution in [2.45, 2.75) is 64.1 Å². The Hall–Kier alpha value is 0.480. The molecule has 0 radical (unpaired) electrons. The average Bonchev–Trinajstić information content (AvgIpc) is 2.12. The molecule has 0 N–H and O–H groups in total. The van der Waals surface area contributed by atoms with E-state index in [2.05, 4.69) is 36.7 Å². The van der Waals surface area contributed by atoms with Gasteiger partial charge in [0.15, 0.2) is 0 Å². The first-order valence-electron chi connectivity index (χ1n) is 5.38. The molecule has 0 heterocycles. The van der Waals surface area contributed by atoms with Gasteiger partial charge in [0.05, 0.1) is 0 Å². The number of alkyl halides is 1. The summed E-state index contributed by atoms with van der Waals surface area (Å²) in [5.41, 5.74) is 0. The molecule has 74 valence electrons. The van der Waals surface area contributed by atoms with Crippen molar-refractivity contribution in [1.29, 1.82) is 0 Å². The summed E-state index contributed by atoms with van der Waals surface area (Å²) in [6, 6.07) is 0. The second-order valence-corrected chi connectivity index (χ2v) is 4.91. The van der Waals surface area contributed by atoms with Crippen molar-refractivity contribution in [2.24, 2.45) is 5.92 Å². The van der Waals surface area contributed by atoms with E-state index in [1.54, 1.807) is 0 Å².